The van der Waals surface area contributed by atoms with Gasteiger partial charge in [-0.1, -0.05) is 38.3 Å². The lowest BCUT2D eigenvalue weighted by atomic mass is 10.2. The highest BCUT2D eigenvalue weighted by atomic mass is 32.2. The molecule has 2 heteroatoms. The minimum Gasteiger partial charge on any atom is -0.205 e. The van der Waals surface area contributed by atoms with E-state index >= 15 is 0 Å². The second-order valence-electron chi connectivity index (χ2n) is 4.12. The van der Waals surface area contributed by atoms with Crippen LogP contribution >= 0.6 is 22.2 Å². The molecule has 2 rings (SSSR count). The van der Waals surface area contributed by atoms with Gasteiger partial charge in [0.05, 0.1) is 0 Å². The Balaban J connectivity index is 1.86. The molecule has 0 amide bonds. The zero-order valence-electron chi connectivity index (χ0n) is 9.86. The molecule has 0 spiro atoms. The Morgan fingerprint density at radius 3 is 2.94 bits per heavy atom. The van der Waals surface area contributed by atoms with Crippen molar-refractivity contribution in [2.45, 2.75) is 32.6 Å². The highest BCUT2D eigenvalue weighted by Crippen LogP contribution is 2.48. The fourth-order valence-electron chi connectivity index (χ4n) is 1.97. The van der Waals surface area contributed by atoms with Gasteiger partial charge in [-0.05, 0) is 35.1 Å². The molecule has 1 unspecified atom stereocenters. The van der Waals surface area contributed by atoms with E-state index in [0.717, 1.165) is 0 Å². The number of thiol groups is 1. The summed E-state index contributed by atoms with van der Waals surface area (Å²) < 4.78 is 0. The quantitative estimate of drug-likeness (QED) is 0.522. The Hall–Kier alpha value is -0.470. The topological polar surface area (TPSA) is 0 Å². The molecule has 0 aromatic carbocycles. The van der Waals surface area contributed by atoms with Gasteiger partial charge in [-0.2, -0.15) is 0 Å². The standard InChI is InChI=1S/C14H20S2/c1-2-3-4-5-11-16-12-7-9-14(16)13-8-6-10-15-13/h6-10,12,16H,2-5,11H2,1H3. The molecule has 0 N–H and O–H groups in total. The van der Waals surface area contributed by atoms with E-state index in [4.69, 9.17) is 0 Å². The number of thiophene rings is 1. The van der Waals surface area contributed by atoms with Crippen LogP contribution in [0.5, 0.6) is 0 Å². The second kappa shape index (κ2) is 6.31. The molecule has 0 nitrogen and oxygen atoms in total. The summed E-state index contributed by atoms with van der Waals surface area (Å²) in [5.41, 5.74) is 0. The molecule has 0 saturated carbocycles. The van der Waals surface area contributed by atoms with Crippen molar-refractivity contribution in [3.8, 4) is 0 Å². The van der Waals surface area contributed by atoms with E-state index in [9.17, 15) is 0 Å². The molecule has 16 heavy (non-hydrogen) atoms. The average Bonchev–Trinajstić information content (AvgIpc) is 2.94. The first kappa shape index (κ1) is 12.0. The van der Waals surface area contributed by atoms with Crippen LogP contribution in [0.4, 0.5) is 0 Å². The van der Waals surface area contributed by atoms with Crippen molar-refractivity contribution in [3.05, 3.63) is 40.0 Å². The van der Waals surface area contributed by atoms with Crippen LogP contribution in [0.3, 0.4) is 0 Å². The first-order valence-electron chi connectivity index (χ1n) is 6.11. The molecular weight excluding hydrogens is 232 g/mol. The Morgan fingerprint density at radius 2 is 2.19 bits per heavy atom. The maximum absolute atomic E-state index is 2.43. The fraction of sp³-hybridized carbons (Fsp3) is 0.429. The molecule has 1 aromatic heterocycles. The van der Waals surface area contributed by atoms with Crippen molar-refractivity contribution in [2.24, 2.45) is 0 Å². The number of hydrogen-bond donors (Lipinski definition) is 1. The van der Waals surface area contributed by atoms with Crippen LogP contribution < -0.4 is 0 Å². The second-order valence-corrected chi connectivity index (χ2v) is 7.24. The Labute approximate surface area is 105 Å². The van der Waals surface area contributed by atoms with Crippen molar-refractivity contribution in [1.29, 1.82) is 0 Å². The fourth-order valence-corrected chi connectivity index (χ4v) is 5.17. The summed E-state index contributed by atoms with van der Waals surface area (Å²) in [6.45, 7) is 2.28. The monoisotopic (exact) mass is 252 g/mol. The van der Waals surface area contributed by atoms with Gasteiger partial charge in [0, 0.05) is 9.78 Å². The predicted octanol–water partition coefficient (Wildman–Crippen LogP) is 5.20. The number of unbranched alkanes of at least 4 members (excludes halogenated alkanes) is 3. The van der Waals surface area contributed by atoms with E-state index < -0.39 is 0 Å². The summed E-state index contributed by atoms with van der Waals surface area (Å²) in [4.78, 5) is 3.08. The highest BCUT2D eigenvalue weighted by Gasteiger charge is 2.13. The van der Waals surface area contributed by atoms with E-state index in [-0.39, 0.29) is 10.9 Å². The Bertz CT molecular complexity index is 360. The minimum absolute atomic E-state index is 0.0152. The van der Waals surface area contributed by atoms with Crippen LogP contribution in [-0.4, -0.2) is 5.75 Å². The average molecular weight is 252 g/mol. The van der Waals surface area contributed by atoms with Crippen molar-refractivity contribution in [1.82, 2.24) is 0 Å². The smallest absolute Gasteiger partial charge is 0.0392 e. The lowest BCUT2D eigenvalue weighted by Gasteiger charge is -2.16. The van der Waals surface area contributed by atoms with Crippen LogP contribution in [0, 0.1) is 0 Å². The summed E-state index contributed by atoms with van der Waals surface area (Å²) >= 11 is 1.88. The molecule has 1 aliphatic rings. The normalized spacial score (nSPS) is 21.3. The molecule has 88 valence electrons. The summed E-state index contributed by atoms with van der Waals surface area (Å²) in [6.07, 6.45) is 10.1. The largest absolute Gasteiger partial charge is 0.205 e. The summed E-state index contributed by atoms with van der Waals surface area (Å²) in [6, 6.07) is 4.41. The van der Waals surface area contributed by atoms with E-state index in [0.29, 0.717) is 0 Å². The zero-order valence-corrected chi connectivity index (χ0v) is 11.6. The van der Waals surface area contributed by atoms with Crippen LogP contribution in [0.25, 0.3) is 4.91 Å². The summed E-state index contributed by atoms with van der Waals surface area (Å²) in [5.74, 6) is 1.38. The lowest BCUT2D eigenvalue weighted by Crippen LogP contribution is -1.87. The van der Waals surface area contributed by atoms with Gasteiger partial charge in [-0.3, -0.25) is 0 Å². The SMILES string of the molecule is CCCCCC[SH]1C=CC=C1c1cccs1. The van der Waals surface area contributed by atoms with Gasteiger partial charge in [-0.15, -0.1) is 11.3 Å². The maximum atomic E-state index is 2.43. The maximum Gasteiger partial charge on any atom is 0.0392 e. The van der Waals surface area contributed by atoms with E-state index in [1.165, 1.54) is 36.3 Å². The number of hydrogen-bond acceptors (Lipinski definition) is 1. The Morgan fingerprint density at radius 1 is 1.25 bits per heavy atom. The van der Waals surface area contributed by atoms with Gasteiger partial charge in [0.1, 0.15) is 0 Å². The first-order valence-corrected chi connectivity index (χ1v) is 8.58. The lowest BCUT2D eigenvalue weighted by molar-refractivity contribution is 0.706. The van der Waals surface area contributed by atoms with Gasteiger partial charge < -0.3 is 0 Å². The van der Waals surface area contributed by atoms with Crippen LogP contribution in [0.1, 0.15) is 37.5 Å². The van der Waals surface area contributed by atoms with E-state index in [1.807, 2.05) is 11.3 Å². The van der Waals surface area contributed by atoms with Gasteiger partial charge in [-0.25, -0.2) is 10.9 Å². The highest BCUT2D eigenvalue weighted by molar-refractivity contribution is 8.27. The number of allylic oxidation sites excluding steroid dienone is 2. The molecule has 2 heterocycles. The van der Waals surface area contributed by atoms with Crippen molar-refractivity contribution >= 4 is 27.1 Å². The Kier molecular flexibility index (Phi) is 4.73. The molecule has 0 aliphatic carbocycles. The summed E-state index contributed by atoms with van der Waals surface area (Å²) in [7, 11) is 0.0152. The third kappa shape index (κ3) is 3.02. The van der Waals surface area contributed by atoms with Crippen molar-refractivity contribution in [3.63, 3.8) is 0 Å². The van der Waals surface area contributed by atoms with Gasteiger partial charge in [0.25, 0.3) is 0 Å². The molecule has 0 bridgehead atoms. The van der Waals surface area contributed by atoms with Gasteiger partial charge >= 0.3 is 0 Å². The summed E-state index contributed by atoms with van der Waals surface area (Å²) in [5, 5.41) is 4.61. The van der Waals surface area contributed by atoms with E-state index in [1.54, 1.807) is 4.91 Å². The zero-order chi connectivity index (χ0) is 11.2. The number of rotatable bonds is 6. The van der Waals surface area contributed by atoms with Crippen molar-refractivity contribution < 1.29 is 0 Å². The third-order valence-corrected chi connectivity index (χ3v) is 6.25. The molecule has 1 atom stereocenters. The van der Waals surface area contributed by atoms with Crippen LogP contribution in [0.15, 0.2) is 35.1 Å². The van der Waals surface area contributed by atoms with Gasteiger partial charge in [0.15, 0.2) is 0 Å². The molecule has 0 saturated heterocycles. The third-order valence-electron chi connectivity index (χ3n) is 2.86. The molecule has 1 aromatic rings. The molecule has 0 radical (unpaired) electrons. The molecule has 1 aliphatic heterocycles. The molecule has 0 fully saturated rings. The predicted molar refractivity (Wildman–Crippen MR) is 79.4 cm³/mol. The first-order chi connectivity index (χ1) is 7.92. The van der Waals surface area contributed by atoms with Gasteiger partial charge in [0.2, 0.25) is 0 Å². The van der Waals surface area contributed by atoms with Crippen LogP contribution in [-0.2, 0) is 0 Å². The van der Waals surface area contributed by atoms with E-state index in [2.05, 4.69) is 42.0 Å². The minimum atomic E-state index is 0.0152. The molecular formula is C14H20S2. The van der Waals surface area contributed by atoms with Crippen molar-refractivity contribution in [2.75, 3.05) is 5.75 Å². The van der Waals surface area contributed by atoms with Crippen LogP contribution in [0.2, 0.25) is 0 Å².